The van der Waals surface area contributed by atoms with Crippen molar-refractivity contribution in [1.82, 2.24) is 30.3 Å². The van der Waals surface area contributed by atoms with Crippen LogP contribution in [-0.4, -0.2) is 142 Å². The van der Waals surface area contributed by atoms with Gasteiger partial charge in [-0.05, 0) is 114 Å². The molecular weight excluding hydrogens is 1130 g/mol. The van der Waals surface area contributed by atoms with Gasteiger partial charge in [-0.2, -0.15) is 13.5 Å². The number of nitrogens with zero attached hydrogens (tertiary/aromatic N) is 7. The molecule has 2 aliphatic rings. The number of amides is 5. The van der Waals surface area contributed by atoms with Crippen molar-refractivity contribution in [3.05, 3.63) is 132 Å². The lowest BCUT2D eigenvalue weighted by Crippen LogP contribution is -2.76. The van der Waals surface area contributed by atoms with E-state index >= 15 is 0 Å². The molecule has 5 amide bonds. The molecule has 0 saturated carbocycles. The summed E-state index contributed by atoms with van der Waals surface area (Å²) in [6.45, 7) is 13.8. The highest BCUT2D eigenvalue weighted by Crippen LogP contribution is 2.33. The molecule has 28 heteroatoms. The number of carbonyl (C=O) groups is 5. The van der Waals surface area contributed by atoms with Gasteiger partial charge in [0.25, 0.3) is 29.4 Å². The summed E-state index contributed by atoms with van der Waals surface area (Å²) in [5.41, 5.74) is 13.8. The monoisotopic (exact) mass is 1190 g/mol. The number of benzene rings is 3. The number of ether oxygens (including phenoxy) is 2. The number of rotatable bonds is 24. The average molecular weight is 1200 g/mol. The van der Waals surface area contributed by atoms with E-state index in [-0.39, 0.29) is 36.3 Å². The molecule has 26 nitrogen and oxygen atoms in total. The fourth-order valence-corrected chi connectivity index (χ4v) is 9.41. The van der Waals surface area contributed by atoms with E-state index in [4.69, 9.17) is 35.2 Å². The molecule has 0 radical (unpaired) electrons. The highest BCUT2D eigenvalue weighted by atomic mass is 32.3. The zero-order chi connectivity index (χ0) is 61.1. The number of oxime groups is 1. The first kappa shape index (κ1) is 62.8. The summed E-state index contributed by atoms with van der Waals surface area (Å²) in [5, 5.41) is 27.1. The van der Waals surface area contributed by atoms with E-state index in [1.165, 1.54) is 24.1 Å². The maximum Gasteiger partial charge on any atom is 0.418 e. The van der Waals surface area contributed by atoms with Crippen molar-refractivity contribution in [3.63, 3.8) is 0 Å². The van der Waals surface area contributed by atoms with Crippen LogP contribution in [0.4, 0.5) is 21.6 Å². The molecule has 2 aliphatic heterocycles. The molecule has 1 fully saturated rings. The topological polar surface area (TPSA) is 349 Å². The van der Waals surface area contributed by atoms with E-state index in [9.17, 15) is 37.5 Å². The van der Waals surface area contributed by atoms with Crippen molar-refractivity contribution in [2.45, 2.75) is 77.8 Å². The number of thiazole rings is 1. The number of aryl methyl sites for hydroxylation is 1. The summed E-state index contributed by atoms with van der Waals surface area (Å²) in [6.07, 6.45) is 1.38. The van der Waals surface area contributed by atoms with Crippen molar-refractivity contribution in [2.24, 2.45) is 17.9 Å². The number of anilines is 3. The number of carboxylic acid groups (broad SMARTS) is 1. The second-order valence-corrected chi connectivity index (χ2v) is 22.6. The number of imide groups is 1. The molecule has 84 heavy (non-hydrogen) atoms. The summed E-state index contributed by atoms with van der Waals surface area (Å²) < 4.78 is 49.1. The van der Waals surface area contributed by atoms with E-state index in [1.807, 2.05) is 111 Å². The van der Waals surface area contributed by atoms with E-state index < -0.39 is 69.4 Å². The van der Waals surface area contributed by atoms with Crippen LogP contribution in [0.3, 0.4) is 0 Å². The van der Waals surface area contributed by atoms with E-state index in [0.717, 1.165) is 44.5 Å². The summed E-state index contributed by atoms with van der Waals surface area (Å²) in [5.74, 6) is 0.100. The molecule has 0 spiro atoms. The minimum atomic E-state index is -4.95. The molecule has 1 saturated heterocycles. The third-order valence-electron chi connectivity index (χ3n) is 12.8. The van der Waals surface area contributed by atoms with Crippen LogP contribution in [-0.2, 0) is 41.0 Å². The molecule has 3 atom stereocenters. The lowest BCUT2D eigenvalue weighted by molar-refractivity contribution is -0.656. The van der Waals surface area contributed by atoms with Gasteiger partial charge in [-0.15, -0.1) is 20.7 Å². The first-order chi connectivity index (χ1) is 39.7. The lowest BCUT2D eigenvalue weighted by Gasteiger charge is -2.50. The zero-order valence-electron chi connectivity index (χ0n) is 47.3. The predicted octanol–water partition coefficient (Wildman–Crippen LogP) is 4.22. The van der Waals surface area contributed by atoms with E-state index in [0.29, 0.717) is 53.1 Å². The van der Waals surface area contributed by atoms with Gasteiger partial charge in [0.1, 0.15) is 54.5 Å². The van der Waals surface area contributed by atoms with Crippen LogP contribution < -0.4 is 46.6 Å². The third-order valence-corrected chi connectivity index (χ3v) is 13.8. The second-order valence-electron chi connectivity index (χ2n) is 20.7. The molecule has 0 unspecified atom stereocenters. The lowest BCUT2D eigenvalue weighted by atomic mass is 9.84. The van der Waals surface area contributed by atoms with Crippen LogP contribution in [0, 0.1) is 0 Å². The first-order valence-corrected chi connectivity index (χ1v) is 28.5. The minimum Gasteiger partial charge on any atom is -0.530 e. The normalized spacial score (nSPS) is 15.4. The van der Waals surface area contributed by atoms with Gasteiger partial charge in [0.05, 0.1) is 36.5 Å². The van der Waals surface area contributed by atoms with Crippen LogP contribution in [0.2, 0.25) is 0 Å². The Morgan fingerprint density at radius 1 is 0.869 bits per heavy atom. The molecule has 6 aromatic rings. The molecule has 0 bridgehead atoms. The quantitative estimate of drug-likeness (QED) is 0.0123. The van der Waals surface area contributed by atoms with Gasteiger partial charge in [0.2, 0.25) is 0 Å². The molecule has 8 rings (SSSR count). The first-order valence-electron chi connectivity index (χ1n) is 26.2. The second kappa shape index (κ2) is 27.1. The van der Waals surface area contributed by atoms with Gasteiger partial charge in [0, 0.05) is 53.9 Å². The van der Waals surface area contributed by atoms with Crippen molar-refractivity contribution in [1.29, 1.82) is 0 Å². The zero-order valence-corrected chi connectivity index (χ0v) is 48.9. The standard InChI is InChI=1S/C29H32N4O6.C27H34N8O8S2/c1-19(39-33-26(34)23-7-5-6-8-24(23)27(33)35)18-38-22-12-9-20(10-13-22)21-11-14-25(31-17-21)30-15-16-32(28(36)37)29(2,3)4;1-16(14-41-19-8-5-17(6-9-19)18-7-10-21(30-12-11-28)34(4)13-18)42-33-22(20-15-44-26(29)31-20)24(36)32-23-25(37)35(27(23,2)3)43-45(38,39)40/h5-14,17,19H,15-16,18H2,1-4H3,(H,30,31)(H,36,37);5-10,13,15-16,23H,11-12,14,28H2,1-4H3,(H4,29,31,32,36,38,39,40)/b;33-22-/t19-;16-,23+/m00/s1. The summed E-state index contributed by atoms with van der Waals surface area (Å²) in [4.78, 5) is 82.8. The Balaban J connectivity index is 0.000000243. The van der Waals surface area contributed by atoms with Gasteiger partial charge in [-0.1, -0.05) is 41.6 Å². The number of nitrogens with one attached hydrogen (secondary N) is 3. The minimum absolute atomic E-state index is 0.0868. The maximum absolute atomic E-state index is 13.2. The Morgan fingerprint density at radius 2 is 1.45 bits per heavy atom. The molecular formula is C56H66N12O14S2. The molecule has 3 aromatic carbocycles. The molecule has 0 aliphatic carbocycles. The average Bonchev–Trinajstić information content (AvgIpc) is 2.82. The van der Waals surface area contributed by atoms with Gasteiger partial charge in [-0.3, -0.25) is 33.9 Å². The third kappa shape index (κ3) is 16.0. The fraction of sp³-hybridized carbons (Fsp3) is 0.339. The Morgan fingerprint density at radius 3 is 1.96 bits per heavy atom. The van der Waals surface area contributed by atoms with Crippen LogP contribution in [0.5, 0.6) is 11.5 Å². The number of carbonyl (C=O) groups excluding carboxylic acids is 5. The highest BCUT2D eigenvalue weighted by molar-refractivity contribution is 7.80. The number of aromatic nitrogens is 3. The van der Waals surface area contributed by atoms with Crippen LogP contribution in [0.25, 0.3) is 22.3 Å². The molecule has 5 heterocycles. The number of hydrogen-bond donors (Lipinski definition) is 6. The van der Waals surface area contributed by atoms with Crippen molar-refractivity contribution in [3.8, 4) is 33.8 Å². The fourth-order valence-electron chi connectivity index (χ4n) is 8.41. The van der Waals surface area contributed by atoms with Crippen molar-refractivity contribution >= 4 is 73.9 Å². The predicted molar refractivity (Wildman–Crippen MR) is 308 cm³/mol. The van der Waals surface area contributed by atoms with Crippen LogP contribution >= 0.6 is 11.3 Å². The SMILES string of the molecule is C[C@@H](COc1ccc(-c2ccc(NCCN(C(=O)[O-])C(C)(C)C)nc2)cc1)ON1C(=O)c2ccccc2C1=O.C[C@@H](COc1ccc(-c2ccc(NCCN)[n+](C)c2)cc1)O/N=C(\C(=O)N[C@@H]1C(=O)N(OS(=O)(=O)O)C1(C)C)c1csc(N)n1. The largest absolute Gasteiger partial charge is 0.530 e. The molecule has 8 N–H and O–H groups in total. The summed E-state index contributed by atoms with van der Waals surface area (Å²) in [6, 6.07) is 28.1. The molecule has 3 aromatic heterocycles. The van der Waals surface area contributed by atoms with Gasteiger partial charge < -0.3 is 51.2 Å². The number of β-lactam (4-membered cyclic amide) rings is 1. The van der Waals surface area contributed by atoms with Gasteiger partial charge in [-0.25, -0.2) is 14.5 Å². The van der Waals surface area contributed by atoms with E-state index in [2.05, 4.69) is 35.4 Å². The number of hydroxylamine groups is 4. The summed E-state index contributed by atoms with van der Waals surface area (Å²) in [7, 11) is -3.00. The number of nitrogen functional groups attached to an aromatic ring is 1. The Labute approximate surface area is 489 Å². The summed E-state index contributed by atoms with van der Waals surface area (Å²) >= 11 is 1.07. The van der Waals surface area contributed by atoms with E-state index in [1.54, 1.807) is 44.3 Å². The number of fused-ring (bicyclic) bond motifs is 1. The van der Waals surface area contributed by atoms with Crippen molar-refractivity contribution < 1.29 is 70.0 Å². The van der Waals surface area contributed by atoms with Gasteiger partial charge in [0.15, 0.2) is 16.9 Å². The van der Waals surface area contributed by atoms with Crippen molar-refractivity contribution in [2.75, 3.05) is 55.8 Å². The smallest absolute Gasteiger partial charge is 0.418 e. The Hall–Kier alpha value is -8.80. The van der Waals surface area contributed by atoms with Crippen LogP contribution in [0.1, 0.15) is 74.9 Å². The highest BCUT2D eigenvalue weighted by Gasteiger charge is 2.58. The molecule has 446 valence electrons. The van der Waals surface area contributed by atoms with Crippen LogP contribution in [0.15, 0.2) is 120 Å². The number of nitrogens with two attached hydrogens (primary N) is 2. The number of hydrogen-bond acceptors (Lipinski definition) is 21. The van der Waals surface area contributed by atoms with Gasteiger partial charge >= 0.3 is 10.4 Å². The Bertz CT molecular complexity index is 3430. The number of pyridine rings is 2. The Kier molecular flexibility index (Phi) is 20.2. The maximum atomic E-state index is 13.2.